The molecule has 1 fully saturated rings. The van der Waals surface area contributed by atoms with Gasteiger partial charge in [-0.15, -0.1) is 13.2 Å². The number of benzene rings is 3. The Kier molecular flexibility index (Phi) is 9.96. The summed E-state index contributed by atoms with van der Waals surface area (Å²) in [5, 5.41) is 5.44. The number of halogens is 3. The lowest BCUT2D eigenvalue weighted by Crippen LogP contribution is -2.31. The van der Waals surface area contributed by atoms with Gasteiger partial charge in [-0.3, -0.25) is 15.0 Å². The van der Waals surface area contributed by atoms with E-state index in [9.17, 15) is 27.6 Å². The smallest absolute Gasteiger partial charge is 0.449 e. The number of nitrogens with zero attached hydrogens (tertiary/aromatic N) is 2. The van der Waals surface area contributed by atoms with E-state index < -0.39 is 24.2 Å². The monoisotopic (exact) mass is 614 g/mol. The second kappa shape index (κ2) is 13.6. The van der Waals surface area contributed by atoms with Gasteiger partial charge in [0.25, 0.3) is 0 Å². The highest BCUT2D eigenvalue weighted by molar-refractivity contribution is 8.15. The molecule has 0 atom stereocenters. The lowest BCUT2D eigenvalue weighted by atomic mass is 9.99. The van der Waals surface area contributed by atoms with Crippen LogP contribution in [0, 0.1) is 6.92 Å². The number of anilines is 3. The van der Waals surface area contributed by atoms with Gasteiger partial charge in [-0.05, 0) is 72.0 Å². The standard InChI is InChI=1S/C30H29F3N4O5S/c1-18(2)24-13-4-19(3)16-25(24)37-26(38)17-43-28(37)36-27(39)34-21-7-5-20(6-8-21)14-15-41-29(40)35-22-9-11-23(12-10-22)42-30(31,32)33/h4-13,16,18H,14-15,17H2,1-3H3,(H,34,39)(H,35,40)/b36-28-. The number of alkyl halides is 3. The molecule has 1 aliphatic heterocycles. The van der Waals surface area contributed by atoms with Crippen molar-refractivity contribution in [1.82, 2.24) is 0 Å². The Morgan fingerprint density at radius 1 is 1.00 bits per heavy atom. The van der Waals surface area contributed by atoms with Crippen molar-refractivity contribution in [3.8, 4) is 5.75 Å². The summed E-state index contributed by atoms with van der Waals surface area (Å²) in [5.74, 6) is -0.187. The number of ether oxygens (including phenoxy) is 2. The summed E-state index contributed by atoms with van der Waals surface area (Å²) in [4.78, 5) is 43.1. The van der Waals surface area contributed by atoms with E-state index in [1.807, 2.05) is 39.0 Å². The van der Waals surface area contributed by atoms with Gasteiger partial charge < -0.3 is 14.8 Å². The summed E-state index contributed by atoms with van der Waals surface area (Å²) in [7, 11) is 0. The van der Waals surface area contributed by atoms with Crippen molar-refractivity contribution in [3.63, 3.8) is 0 Å². The molecule has 2 N–H and O–H groups in total. The van der Waals surface area contributed by atoms with E-state index in [4.69, 9.17) is 4.74 Å². The van der Waals surface area contributed by atoms with Gasteiger partial charge in [0.1, 0.15) is 5.75 Å². The molecule has 9 nitrogen and oxygen atoms in total. The number of nitrogens with one attached hydrogen (secondary N) is 2. The van der Waals surface area contributed by atoms with Gasteiger partial charge in [0.05, 0.1) is 18.0 Å². The van der Waals surface area contributed by atoms with Crippen LogP contribution in [-0.4, -0.2) is 41.9 Å². The van der Waals surface area contributed by atoms with Gasteiger partial charge >= 0.3 is 18.5 Å². The highest BCUT2D eigenvalue weighted by Gasteiger charge is 2.33. The van der Waals surface area contributed by atoms with E-state index in [1.54, 1.807) is 24.3 Å². The number of hydrogen-bond acceptors (Lipinski definition) is 6. The Hall–Kier alpha value is -4.52. The number of amidine groups is 1. The predicted octanol–water partition coefficient (Wildman–Crippen LogP) is 7.48. The minimum atomic E-state index is -4.80. The average molecular weight is 615 g/mol. The minimum Gasteiger partial charge on any atom is -0.449 e. The molecule has 3 aromatic carbocycles. The van der Waals surface area contributed by atoms with E-state index in [0.717, 1.165) is 34.5 Å². The maximum atomic E-state index is 12.7. The zero-order valence-corrected chi connectivity index (χ0v) is 24.3. The molecule has 4 amide bonds. The number of urea groups is 1. The lowest BCUT2D eigenvalue weighted by molar-refractivity contribution is -0.274. The van der Waals surface area contributed by atoms with Crippen LogP contribution in [0.15, 0.2) is 71.7 Å². The van der Waals surface area contributed by atoms with Crippen LogP contribution in [0.1, 0.15) is 36.5 Å². The van der Waals surface area contributed by atoms with Crippen molar-refractivity contribution in [2.75, 3.05) is 27.9 Å². The van der Waals surface area contributed by atoms with Crippen molar-refractivity contribution in [2.45, 2.75) is 39.5 Å². The molecular weight excluding hydrogens is 585 g/mol. The lowest BCUT2D eigenvalue weighted by Gasteiger charge is -2.22. The van der Waals surface area contributed by atoms with Crippen molar-refractivity contribution < 1.29 is 37.0 Å². The van der Waals surface area contributed by atoms with Crippen molar-refractivity contribution in [3.05, 3.63) is 83.4 Å². The highest BCUT2D eigenvalue weighted by atomic mass is 32.2. The number of rotatable bonds is 8. The number of thioether (sulfide) groups is 1. The van der Waals surface area contributed by atoms with Crippen molar-refractivity contribution >= 4 is 52.0 Å². The Balaban J connectivity index is 1.28. The van der Waals surface area contributed by atoms with Gasteiger partial charge in [-0.25, -0.2) is 9.59 Å². The van der Waals surface area contributed by atoms with Crippen molar-refractivity contribution in [1.29, 1.82) is 0 Å². The first-order valence-corrected chi connectivity index (χ1v) is 14.2. The fourth-order valence-corrected chi connectivity index (χ4v) is 5.02. The molecule has 43 heavy (non-hydrogen) atoms. The van der Waals surface area contributed by atoms with E-state index in [0.29, 0.717) is 17.3 Å². The van der Waals surface area contributed by atoms with E-state index in [-0.39, 0.29) is 29.9 Å². The molecule has 1 saturated heterocycles. The van der Waals surface area contributed by atoms with Crippen LogP contribution in [0.25, 0.3) is 0 Å². The fourth-order valence-electron chi connectivity index (χ4n) is 4.17. The second-order valence-corrected chi connectivity index (χ2v) is 10.8. The third-order valence-electron chi connectivity index (χ3n) is 6.17. The third-order valence-corrected chi connectivity index (χ3v) is 7.10. The molecule has 1 aliphatic rings. The molecular formula is C30H29F3N4O5S. The SMILES string of the molecule is Cc1ccc(C(C)C)c(N2C(=O)CS/C2=N\C(=O)Nc2ccc(CCOC(=O)Nc3ccc(OC(F)(F)F)cc3)cc2)c1. The molecule has 0 bridgehead atoms. The third kappa shape index (κ3) is 8.98. The van der Waals surface area contributed by atoms with Gasteiger partial charge in [-0.2, -0.15) is 4.99 Å². The van der Waals surface area contributed by atoms with Gasteiger partial charge in [-0.1, -0.05) is 49.9 Å². The van der Waals surface area contributed by atoms with Crippen LogP contribution in [0.2, 0.25) is 0 Å². The number of aryl methyl sites for hydroxylation is 1. The number of amides is 4. The Morgan fingerprint density at radius 3 is 2.30 bits per heavy atom. The van der Waals surface area contributed by atoms with Gasteiger partial charge in [0, 0.05) is 17.8 Å². The maximum Gasteiger partial charge on any atom is 0.573 e. The van der Waals surface area contributed by atoms with Gasteiger partial charge in [0.15, 0.2) is 5.17 Å². The molecule has 0 aliphatic carbocycles. The Morgan fingerprint density at radius 2 is 1.65 bits per heavy atom. The number of carbonyl (C=O) groups excluding carboxylic acids is 3. The topological polar surface area (TPSA) is 109 Å². The second-order valence-electron chi connectivity index (χ2n) is 9.84. The van der Waals surface area contributed by atoms with E-state index >= 15 is 0 Å². The summed E-state index contributed by atoms with van der Waals surface area (Å²) in [5.41, 5.74) is 4.27. The number of aliphatic imine (C=N–C) groups is 1. The van der Waals surface area contributed by atoms with Crippen LogP contribution in [-0.2, 0) is 16.0 Å². The molecule has 0 aromatic heterocycles. The summed E-state index contributed by atoms with van der Waals surface area (Å²) >= 11 is 1.21. The highest BCUT2D eigenvalue weighted by Crippen LogP contribution is 2.34. The fraction of sp³-hybridized carbons (Fsp3) is 0.267. The van der Waals surface area contributed by atoms with Crippen LogP contribution in [0.3, 0.4) is 0 Å². The summed E-state index contributed by atoms with van der Waals surface area (Å²) < 4.78 is 45.7. The molecule has 13 heteroatoms. The first kappa shape index (κ1) is 31.4. The Labute approximate surface area is 250 Å². The summed E-state index contributed by atoms with van der Waals surface area (Å²) in [6.07, 6.45) is -5.19. The molecule has 0 radical (unpaired) electrons. The first-order chi connectivity index (χ1) is 20.4. The normalized spacial score (nSPS) is 14.3. The molecule has 226 valence electrons. The summed E-state index contributed by atoms with van der Waals surface area (Å²) in [6.45, 7) is 6.06. The Bertz CT molecular complexity index is 1510. The average Bonchev–Trinajstić information content (AvgIpc) is 3.29. The number of carbonyl (C=O) groups is 3. The molecule has 0 saturated carbocycles. The van der Waals surface area contributed by atoms with E-state index in [2.05, 4.69) is 20.4 Å². The predicted molar refractivity (Wildman–Crippen MR) is 160 cm³/mol. The molecule has 0 unspecified atom stereocenters. The quantitative estimate of drug-likeness (QED) is 0.272. The first-order valence-electron chi connectivity index (χ1n) is 13.2. The van der Waals surface area contributed by atoms with Crippen molar-refractivity contribution in [2.24, 2.45) is 4.99 Å². The zero-order valence-electron chi connectivity index (χ0n) is 23.5. The van der Waals surface area contributed by atoms with Crippen LogP contribution in [0.5, 0.6) is 5.75 Å². The zero-order chi connectivity index (χ0) is 31.1. The van der Waals surface area contributed by atoms with Gasteiger partial charge in [0.2, 0.25) is 5.91 Å². The maximum absolute atomic E-state index is 12.7. The summed E-state index contributed by atoms with van der Waals surface area (Å²) in [6, 6.07) is 16.8. The van der Waals surface area contributed by atoms with E-state index in [1.165, 1.54) is 28.8 Å². The molecule has 3 aromatic rings. The van der Waals surface area contributed by atoms with Crippen LogP contribution in [0.4, 0.5) is 39.8 Å². The molecule has 1 heterocycles. The minimum absolute atomic E-state index is 0.0405. The largest absolute Gasteiger partial charge is 0.573 e. The van der Waals surface area contributed by atoms with Crippen LogP contribution < -0.4 is 20.3 Å². The molecule has 4 rings (SSSR count). The van der Waals surface area contributed by atoms with Crippen LogP contribution >= 0.6 is 11.8 Å². The number of hydrogen-bond donors (Lipinski definition) is 2. The molecule has 0 spiro atoms.